The molecule has 0 aromatic heterocycles. The molecule has 0 aliphatic carbocycles. The number of hydrogen-bond donors (Lipinski definition) is 4. The standard InChI is InChI=1S/C4H6O6.C3H3N5/c5-1(3(7)8)2(6)4(9)10;1-2-4-6-8-7-5-3-1/h1-2,5-6H,(H,7,8)(H,9,10);1-3H/b;2-1-,3-1?,4-2?,5-3-,6-4-,7-5?,8-6?,8-7-. The Labute approximate surface area is 99.5 Å². The van der Waals surface area contributed by atoms with E-state index < -0.39 is 24.1 Å². The van der Waals surface area contributed by atoms with Crippen LogP contribution in [-0.2, 0) is 9.59 Å². The van der Waals surface area contributed by atoms with Gasteiger partial charge in [-0.15, -0.1) is 10.2 Å². The summed E-state index contributed by atoms with van der Waals surface area (Å²) >= 11 is 0. The van der Waals surface area contributed by atoms with Gasteiger partial charge in [0.1, 0.15) is 0 Å². The van der Waals surface area contributed by atoms with E-state index in [1.165, 1.54) is 12.4 Å². The third-order valence-corrected chi connectivity index (χ3v) is 1.29. The van der Waals surface area contributed by atoms with Gasteiger partial charge in [-0.3, -0.25) is 0 Å². The van der Waals surface area contributed by atoms with Gasteiger partial charge < -0.3 is 20.4 Å². The van der Waals surface area contributed by atoms with E-state index in [0.717, 1.165) is 0 Å². The summed E-state index contributed by atoms with van der Waals surface area (Å²) in [6, 6.07) is 0. The minimum Gasteiger partial charge on any atom is -0.479 e. The lowest BCUT2D eigenvalue weighted by Gasteiger charge is -2.07. The zero-order valence-corrected chi connectivity index (χ0v) is 8.73. The normalized spacial score (nSPS) is 23.0. The molecule has 1 heterocycles. The van der Waals surface area contributed by atoms with Crippen molar-refractivity contribution in [2.24, 2.45) is 25.9 Å². The van der Waals surface area contributed by atoms with Crippen molar-refractivity contribution in [2.45, 2.75) is 12.2 Å². The molecule has 0 saturated carbocycles. The first-order valence-corrected chi connectivity index (χ1v) is 4.27. The van der Waals surface area contributed by atoms with E-state index >= 15 is 0 Å². The van der Waals surface area contributed by atoms with Gasteiger partial charge in [0.2, 0.25) is 0 Å². The topological polar surface area (TPSA) is 177 Å². The predicted molar refractivity (Wildman–Crippen MR) is 54.6 cm³/mol. The fourth-order valence-electron chi connectivity index (χ4n) is 0.509. The number of carbonyl (C=O) groups is 2. The SMILES string of the molecule is C1=C\N=N/N=N\N=C/1.O=C(O)C(O)C(O)C(=O)O. The molecule has 11 heteroatoms. The number of aliphatic hydroxyl groups is 2. The molecule has 0 fully saturated rings. The Morgan fingerprint density at radius 2 is 1.50 bits per heavy atom. The van der Waals surface area contributed by atoms with E-state index in [1.807, 2.05) is 0 Å². The van der Waals surface area contributed by atoms with Gasteiger partial charge in [-0.05, 0) is 21.7 Å². The van der Waals surface area contributed by atoms with Crippen molar-refractivity contribution in [2.75, 3.05) is 0 Å². The average Bonchev–Trinajstić information content (AvgIpc) is 2.26. The third kappa shape index (κ3) is 6.86. The number of allylic oxidation sites excluding steroid dienone is 1. The quantitative estimate of drug-likeness (QED) is 0.515. The molecule has 0 aromatic carbocycles. The highest BCUT2D eigenvalue weighted by Gasteiger charge is 2.29. The van der Waals surface area contributed by atoms with Crippen molar-refractivity contribution in [1.29, 1.82) is 0 Å². The fourth-order valence-corrected chi connectivity index (χ4v) is 0.509. The molecule has 0 radical (unpaired) electrons. The zero-order chi connectivity index (χ0) is 14.0. The summed E-state index contributed by atoms with van der Waals surface area (Å²) in [5.41, 5.74) is 0. The summed E-state index contributed by atoms with van der Waals surface area (Å²) in [4.78, 5) is 19.5. The van der Waals surface area contributed by atoms with Gasteiger partial charge in [0.05, 0.1) is 12.4 Å². The Bertz CT molecular complexity index is 329. The summed E-state index contributed by atoms with van der Waals surface area (Å²) in [5, 5.41) is 49.0. The summed E-state index contributed by atoms with van der Waals surface area (Å²) in [7, 11) is 0. The van der Waals surface area contributed by atoms with Gasteiger partial charge in [0, 0.05) is 0 Å². The van der Waals surface area contributed by atoms with E-state index in [9.17, 15) is 9.59 Å². The van der Waals surface area contributed by atoms with Crippen molar-refractivity contribution in [3.8, 4) is 0 Å². The summed E-state index contributed by atoms with van der Waals surface area (Å²) in [5.74, 6) is -3.54. The Hall–Kier alpha value is -2.53. The van der Waals surface area contributed by atoms with E-state index in [4.69, 9.17) is 20.4 Å². The number of aliphatic hydroxyl groups excluding tert-OH is 2. The first-order chi connectivity index (χ1) is 8.46. The monoisotopic (exact) mass is 259 g/mol. The van der Waals surface area contributed by atoms with Crippen molar-refractivity contribution < 1.29 is 30.0 Å². The van der Waals surface area contributed by atoms with Crippen LogP contribution in [0.5, 0.6) is 0 Å². The maximum Gasteiger partial charge on any atom is 0.335 e. The van der Waals surface area contributed by atoms with Crippen LogP contribution in [0, 0.1) is 0 Å². The van der Waals surface area contributed by atoms with Crippen LogP contribution in [0.4, 0.5) is 0 Å². The summed E-state index contributed by atoms with van der Waals surface area (Å²) in [6.07, 6.45) is 0.0281. The lowest BCUT2D eigenvalue weighted by Crippen LogP contribution is -2.39. The van der Waals surface area contributed by atoms with Crippen LogP contribution < -0.4 is 0 Å². The van der Waals surface area contributed by atoms with Crippen molar-refractivity contribution in [1.82, 2.24) is 0 Å². The highest BCUT2D eigenvalue weighted by molar-refractivity contribution is 5.83. The van der Waals surface area contributed by atoms with E-state index in [1.54, 1.807) is 6.08 Å². The van der Waals surface area contributed by atoms with Crippen molar-refractivity contribution in [3.63, 3.8) is 0 Å². The molecule has 4 N–H and O–H groups in total. The first-order valence-electron chi connectivity index (χ1n) is 4.27. The van der Waals surface area contributed by atoms with Gasteiger partial charge in [-0.1, -0.05) is 0 Å². The second-order valence-electron chi connectivity index (χ2n) is 2.56. The maximum absolute atomic E-state index is 9.77. The Morgan fingerprint density at radius 3 is 2.00 bits per heavy atom. The van der Waals surface area contributed by atoms with Gasteiger partial charge in [0.25, 0.3) is 0 Å². The predicted octanol–water partition coefficient (Wildman–Crippen LogP) is -0.804. The number of hydrogen-bond acceptors (Lipinski definition) is 9. The highest BCUT2D eigenvalue weighted by atomic mass is 16.4. The molecule has 0 saturated heterocycles. The third-order valence-electron chi connectivity index (χ3n) is 1.29. The fraction of sp³-hybridized carbons (Fsp3) is 0.286. The second kappa shape index (κ2) is 8.60. The molecule has 98 valence electrons. The van der Waals surface area contributed by atoms with Gasteiger partial charge >= 0.3 is 11.9 Å². The molecule has 2 atom stereocenters. The minimum absolute atomic E-state index is 1.47. The Morgan fingerprint density at radius 1 is 0.944 bits per heavy atom. The molecule has 0 bridgehead atoms. The molecular formula is C7H9N5O6. The minimum atomic E-state index is -2.27. The lowest BCUT2D eigenvalue weighted by molar-refractivity contribution is -0.165. The van der Waals surface area contributed by atoms with Crippen LogP contribution in [-0.4, -0.2) is 50.8 Å². The van der Waals surface area contributed by atoms with Gasteiger partial charge in [0.15, 0.2) is 12.2 Å². The molecule has 0 amide bonds. The van der Waals surface area contributed by atoms with Crippen molar-refractivity contribution in [3.05, 3.63) is 12.3 Å². The van der Waals surface area contributed by atoms with E-state index in [0.29, 0.717) is 0 Å². The molecular weight excluding hydrogens is 250 g/mol. The molecule has 1 aliphatic heterocycles. The van der Waals surface area contributed by atoms with Crippen LogP contribution in [0.3, 0.4) is 0 Å². The van der Waals surface area contributed by atoms with Crippen LogP contribution in [0.2, 0.25) is 0 Å². The van der Waals surface area contributed by atoms with Crippen LogP contribution >= 0.6 is 0 Å². The van der Waals surface area contributed by atoms with Gasteiger partial charge in [-0.2, -0.15) is 0 Å². The molecule has 1 aliphatic rings. The van der Waals surface area contributed by atoms with Crippen LogP contribution in [0.15, 0.2) is 38.2 Å². The van der Waals surface area contributed by atoms with E-state index in [2.05, 4.69) is 25.9 Å². The zero-order valence-electron chi connectivity index (χ0n) is 8.73. The Balaban J connectivity index is 0.000000327. The molecule has 0 spiro atoms. The summed E-state index contributed by atoms with van der Waals surface area (Å²) in [6.45, 7) is 0. The Kier molecular flexibility index (Phi) is 7.39. The molecule has 18 heavy (non-hydrogen) atoms. The number of carboxylic acid groups (broad SMARTS) is 2. The smallest absolute Gasteiger partial charge is 0.335 e. The van der Waals surface area contributed by atoms with Crippen LogP contribution in [0.1, 0.15) is 0 Å². The summed E-state index contributed by atoms with van der Waals surface area (Å²) < 4.78 is 0. The number of aliphatic carboxylic acids is 2. The highest BCUT2D eigenvalue weighted by Crippen LogP contribution is 1.92. The molecule has 1 rings (SSSR count). The number of rotatable bonds is 3. The first kappa shape index (κ1) is 15.5. The number of nitrogens with zero attached hydrogens (tertiary/aromatic N) is 5. The number of carboxylic acids is 2. The lowest BCUT2D eigenvalue weighted by atomic mass is 10.2. The molecule has 0 aromatic rings. The van der Waals surface area contributed by atoms with Gasteiger partial charge in [-0.25, -0.2) is 9.59 Å². The maximum atomic E-state index is 9.77. The van der Waals surface area contributed by atoms with Crippen LogP contribution in [0.25, 0.3) is 0 Å². The average molecular weight is 259 g/mol. The molecule has 11 nitrogen and oxygen atoms in total. The second-order valence-corrected chi connectivity index (χ2v) is 2.56. The largest absolute Gasteiger partial charge is 0.479 e. The van der Waals surface area contributed by atoms with E-state index in [-0.39, 0.29) is 0 Å². The van der Waals surface area contributed by atoms with Crippen molar-refractivity contribution >= 4 is 18.2 Å². The molecule has 2 unspecified atom stereocenters.